The van der Waals surface area contributed by atoms with E-state index in [1.165, 1.54) is 41.4 Å². The van der Waals surface area contributed by atoms with E-state index in [0.29, 0.717) is 28.6 Å². The number of aliphatic imine (C=N–C) groups is 1. The van der Waals surface area contributed by atoms with Crippen LogP contribution in [0.25, 0.3) is 10.9 Å². The Balaban J connectivity index is 1.43. The Bertz CT molecular complexity index is 1590. The van der Waals surface area contributed by atoms with E-state index in [1.54, 1.807) is 30.0 Å². The predicted molar refractivity (Wildman–Crippen MR) is 164 cm³/mol. The zero-order valence-electron chi connectivity index (χ0n) is 22.4. The third kappa shape index (κ3) is 6.96. The molecule has 40 heavy (non-hydrogen) atoms. The number of pyridine rings is 1. The maximum Gasteiger partial charge on any atom is 0.281 e. The lowest BCUT2D eigenvalue weighted by molar-refractivity contribution is 0.305. The summed E-state index contributed by atoms with van der Waals surface area (Å²) >= 11 is 3.75. The fourth-order valence-corrected chi connectivity index (χ4v) is 8.54. The molecular formula is C26H33N5O5S4. The molecule has 216 valence electrons. The summed E-state index contributed by atoms with van der Waals surface area (Å²) in [4.78, 5) is 14.8. The van der Waals surface area contributed by atoms with Crippen LogP contribution in [0.15, 0.2) is 52.6 Å². The predicted octanol–water partition coefficient (Wildman–Crippen LogP) is 3.11. The van der Waals surface area contributed by atoms with E-state index in [9.17, 15) is 16.8 Å². The van der Waals surface area contributed by atoms with Gasteiger partial charge in [-0.05, 0) is 30.7 Å². The number of H-pyrrole nitrogens is 1. The molecule has 2 aliphatic rings. The molecule has 0 amide bonds. The fourth-order valence-electron chi connectivity index (χ4n) is 4.66. The fraction of sp³-hybridized carbons (Fsp3) is 0.462. The van der Waals surface area contributed by atoms with Gasteiger partial charge in [-0.15, -0.1) is 0 Å². The number of nitrogens with one attached hydrogen (secondary N) is 1. The van der Waals surface area contributed by atoms with Gasteiger partial charge in [0.2, 0.25) is 0 Å². The molecule has 5 rings (SSSR count). The molecule has 1 N–H and O–H groups in total. The summed E-state index contributed by atoms with van der Waals surface area (Å²) in [5, 5.41) is 1.99. The van der Waals surface area contributed by atoms with E-state index in [4.69, 9.17) is 9.73 Å². The zero-order valence-corrected chi connectivity index (χ0v) is 25.7. The van der Waals surface area contributed by atoms with Crippen molar-refractivity contribution < 1.29 is 21.6 Å². The molecule has 3 aromatic rings. The highest BCUT2D eigenvalue weighted by molar-refractivity contribution is 8.15. The van der Waals surface area contributed by atoms with E-state index in [2.05, 4.69) is 14.9 Å². The smallest absolute Gasteiger partial charge is 0.281 e. The van der Waals surface area contributed by atoms with Crippen molar-refractivity contribution >= 4 is 65.0 Å². The Kier molecular flexibility index (Phi) is 9.00. The average molecular weight is 624 g/mol. The van der Waals surface area contributed by atoms with Crippen LogP contribution >= 0.6 is 23.5 Å². The molecule has 0 radical (unpaired) electrons. The first kappa shape index (κ1) is 29.2. The van der Waals surface area contributed by atoms with Crippen molar-refractivity contribution in [2.75, 3.05) is 67.7 Å². The van der Waals surface area contributed by atoms with E-state index in [1.807, 2.05) is 23.9 Å². The number of aromatic nitrogens is 2. The maximum absolute atomic E-state index is 13.5. The second kappa shape index (κ2) is 12.3. The molecule has 14 heteroatoms. The Hall–Kier alpha value is -2.26. The van der Waals surface area contributed by atoms with Gasteiger partial charge in [0, 0.05) is 67.3 Å². The Morgan fingerprint density at radius 2 is 1.95 bits per heavy atom. The number of hydrogen-bond acceptors (Lipinski definition) is 10. The lowest BCUT2D eigenvalue weighted by Gasteiger charge is -2.28. The number of sulfonamides is 1. The third-order valence-electron chi connectivity index (χ3n) is 6.72. The van der Waals surface area contributed by atoms with Gasteiger partial charge in [-0.1, -0.05) is 17.8 Å². The maximum atomic E-state index is 13.5. The lowest BCUT2D eigenvalue weighted by Crippen LogP contribution is -2.37. The lowest BCUT2D eigenvalue weighted by atomic mass is 10.2. The first-order chi connectivity index (χ1) is 19.1. The monoisotopic (exact) mass is 623 g/mol. The number of anilines is 1. The van der Waals surface area contributed by atoms with Gasteiger partial charge in [0.1, 0.15) is 20.6 Å². The molecule has 4 heterocycles. The largest absolute Gasteiger partial charge is 0.493 e. The van der Waals surface area contributed by atoms with Gasteiger partial charge in [0.15, 0.2) is 5.03 Å². The van der Waals surface area contributed by atoms with E-state index in [0.717, 1.165) is 42.3 Å². The van der Waals surface area contributed by atoms with Crippen molar-refractivity contribution in [1.82, 2.24) is 14.9 Å². The number of fused-ring (bicyclic) bond motifs is 1. The number of hydrogen-bond donors (Lipinski definition) is 1. The SMILES string of the molecule is CN(c1cc(OCCCS(C)(=O)=O)cc2cc(C3=NCC(CN4CCSCC4)S3)[nH]c12)S(=O)(=O)c1ccccn1. The number of aromatic amines is 1. The number of benzene rings is 1. The van der Waals surface area contributed by atoms with Gasteiger partial charge >= 0.3 is 0 Å². The quantitative estimate of drug-likeness (QED) is 0.321. The van der Waals surface area contributed by atoms with Gasteiger partial charge in [0.25, 0.3) is 10.0 Å². The van der Waals surface area contributed by atoms with Gasteiger partial charge in [0.05, 0.1) is 35.8 Å². The molecule has 0 spiro atoms. The van der Waals surface area contributed by atoms with E-state index < -0.39 is 19.9 Å². The minimum Gasteiger partial charge on any atom is -0.493 e. The van der Waals surface area contributed by atoms with Crippen molar-refractivity contribution in [3.63, 3.8) is 0 Å². The summed E-state index contributed by atoms with van der Waals surface area (Å²) in [7, 11) is -5.57. The number of sulfone groups is 1. The standard InChI is InChI=1S/C26H33N5O5S4/c1-30(40(34,35)24-6-3-4-7-27-24)23-16-20(36-10-5-13-39(2,32)33)14-19-15-22(29-25(19)23)26-28-17-21(38-26)18-31-8-11-37-12-9-31/h3-4,6-7,14-16,21,29H,5,8-13,17-18H2,1-2H3. The van der Waals surface area contributed by atoms with E-state index >= 15 is 0 Å². The van der Waals surface area contributed by atoms with Crippen molar-refractivity contribution in [2.45, 2.75) is 16.7 Å². The van der Waals surface area contributed by atoms with Crippen molar-refractivity contribution in [1.29, 1.82) is 0 Å². The van der Waals surface area contributed by atoms with Crippen LogP contribution in [0.1, 0.15) is 12.1 Å². The second-order valence-electron chi connectivity index (χ2n) is 9.86. The molecule has 1 unspecified atom stereocenters. The first-order valence-electron chi connectivity index (χ1n) is 13.0. The molecular weight excluding hydrogens is 591 g/mol. The highest BCUT2D eigenvalue weighted by Crippen LogP contribution is 2.36. The topological polar surface area (TPSA) is 125 Å². The molecule has 10 nitrogen and oxygen atoms in total. The second-order valence-corrected chi connectivity index (χ2v) is 16.6. The highest BCUT2D eigenvalue weighted by atomic mass is 32.2. The van der Waals surface area contributed by atoms with Crippen molar-refractivity contribution in [3.05, 3.63) is 48.3 Å². The van der Waals surface area contributed by atoms with Crippen LogP contribution in [0.2, 0.25) is 0 Å². The summed E-state index contributed by atoms with van der Waals surface area (Å²) in [5.74, 6) is 2.80. The molecule has 0 aliphatic carbocycles. The van der Waals surface area contributed by atoms with Crippen molar-refractivity contribution in [3.8, 4) is 5.75 Å². The minimum absolute atomic E-state index is 0.0127. The minimum atomic E-state index is -3.96. The van der Waals surface area contributed by atoms with Crippen LogP contribution in [0.4, 0.5) is 5.69 Å². The van der Waals surface area contributed by atoms with Gasteiger partial charge in [-0.25, -0.2) is 13.4 Å². The number of rotatable bonds is 11. The average Bonchev–Trinajstić information content (AvgIpc) is 3.58. The van der Waals surface area contributed by atoms with Crippen LogP contribution in [0.5, 0.6) is 5.75 Å². The Morgan fingerprint density at radius 3 is 2.67 bits per heavy atom. The number of ether oxygens (including phenoxy) is 1. The summed E-state index contributed by atoms with van der Waals surface area (Å²) in [5.41, 5.74) is 1.87. The zero-order chi connectivity index (χ0) is 28.3. The van der Waals surface area contributed by atoms with Crippen molar-refractivity contribution in [2.24, 2.45) is 4.99 Å². The van der Waals surface area contributed by atoms with Gasteiger partial charge < -0.3 is 14.6 Å². The van der Waals surface area contributed by atoms with E-state index in [-0.39, 0.29) is 17.4 Å². The molecule has 1 aromatic carbocycles. The summed E-state index contributed by atoms with van der Waals surface area (Å²) < 4.78 is 57.0. The molecule has 2 aliphatic heterocycles. The summed E-state index contributed by atoms with van der Waals surface area (Å²) in [6, 6.07) is 10.2. The van der Waals surface area contributed by atoms with Crippen LogP contribution in [0, 0.1) is 0 Å². The van der Waals surface area contributed by atoms with Crippen LogP contribution in [0.3, 0.4) is 0 Å². The Morgan fingerprint density at radius 1 is 1.15 bits per heavy atom. The number of thioether (sulfide) groups is 2. The molecule has 1 fully saturated rings. The molecule has 0 bridgehead atoms. The van der Waals surface area contributed by atoms with Crippen LogP contribution in [-0.2, 0) is 19.9 Å². The van der Waals surface area contributed by atoms with Gasteiger partial charge in [-0.2, -0.15) is 20.2 Å². The van der Waals surface area contributed by atoms with Crippen LogP contribution < -0.4 is 9.04 Å². The first-order valence-corrected chi connectivity index (χ1v) is 18.5. The molecule has 2 aromatic heterocycles. The summed E-state index contributed by atoms with van der Waals surface area (Å²) in [6.45, 7) is 4.15. The van der Waals surface area contributed by atoms with Gasteiger partial charge in [-0.3, -0.25) is 9.30 Å². The number of nitrogens with zero attached hydrogens (tertiary/aromatic N) is 4. The van der Waals surface area contributed by atoms with Crippen LogP contribution in [-0.4, -0.2) is 105 Å². The summed E-state index contributed by atoms with van der Waals surface area (Å²) in [6.07, 6.45) is 2.96. The Labute approximate surface area is 243 Å². The third-order valence-corrected chi connectivity index (χ3v) is 11.6. The highest BCUT2D eigenvalue weighted by Gasteiger charge is 2.28. The molecule has 1 atom stereocenters. The molecule has 0 saturated carbocycles. The molecule has 1 saturated heterocycles. The normalized spacial score (nSPS) is 18.6.